The topological polar surface area (TPSA) is 59.3 Å². The van der Waals surface area contributed by atoms with Crippen molar-refractivity contribution in [3.05, 3.63) is 48.3 Å². The molecule has 0 fully saturated rings. The Morgan fingerprint density at radius 1 is 1.23 bits per heavy atom. The van der Waals surface area contributed by atoms with Crippen LogP contribution in [-0.2, 0) is 4.74 Å². The van der Waals surface area contributed by atoms with Gasteiger partial charge in [0.25, 0.3) is 0 Å². The smallest absolute Gasteiger partial charge is 0.0898 e. The largest absolute Gasteiger partial charge is 0.389 e. The predicted molar refractivity (Wildman–Crippen MR) is 87.1 cm³/mol. The van der Waals surface area contributed by atoms with Crippen molar-refractivity contribution in [2.45, 2.75) is 39.0 Å². The molecule has 0 bridgehead atoms. The molecule has 5 heteroatoms. The van der Waals surface area contributed by atoms with E-state index in [2.05, 4.69) is 29.5 Å². The molecule has 2 rings (SSSR count). The highest BCUT2D eigenvalue weighted by Crippen LogP contribution is 2.15. The number of benzene rings is 1. The van der Waals surface area contributed by atoms with Crippen molar-refractivity contribution < 1.29 is 9.84 Å². The number of ether oxygens (including phenoxy) is 1. The molecule has 2 unspecified atom stereocenters. The van der Waals surface area contributed by atoms with Gasteiger partial charge in [-0.3, -0.25) is 0 Å². The molecular weight excluding hydrogens is 278 g/mol. The van der Waals surface area contributed by atoms with Gasteiger partial charge in [-0.15, -0.1) is 0 Å². The van der Waals surface area contributed by atoms with E-state index < -0.39 is 6.10 Å². The van der Waals surface area contributed by atoms with Gasteiger partial charge < -0.3 is 15.2 Å². The standard InChI is InChI=1S/C17H25N3O2/c1-13(2)22-12-17(21)11-18-14(3)15-5-7-16(8-6-15)20-10-4-9-19-20/h4-10,13-14,17-18,21H,11-12H2,1-3H3. The summed E-state index contributed by atoms with van der Waals surface area (Å²) < 4.78 is 7.23. The van der Waals surface area contributed by atoms with Crippen LogP contribution in [0.4, 0.5) is 0 Å². The first-order valence-corrected chi connectivity index (χ1v) is 7.69. The lowest BCUT2D eigenvalue weighted by molar-refractivity contribution is 0.00560. The number of aliphatic hydroxyl groups is 1. The van der Waals surface area contributed by atoms with Gasteiger partial charge in [-0.25, -0.2) is 4.68 Å². The van der Waals surface area contributed by atoms with Crippen molar-refractivity contribution in [1.82, 2.24) is 15.1 Å². The summed E-state index contributed by atoms with van der Waals surface area (Å²) >= 11 is 0. The number of hydrogen-bond acceptors (Lipinski definition) is 4. The lowest BCUT2D eigenvalue weighted by atomic mass is 10.1. The number of nitrogens with one attached hydrogen (secondary N) is 1. The summed E-state index contributed by atoms with van der Waals surface area (Å²) in [6, 6.07) is 10.3. The van der Waals surface area contributed by atoms with Crippen LogP contribution in [0.1, 0.15) is 32.4 Å². The van der Waals surface area contributed by atoms with Gasteiger partial charge in [-0.05, 0) is 44.5 Å². The molecule has 0 aliphatic heterocycles. The molecule has 0 amide bonds. The van der Waals surface area contributed by atoms with Gasteiger partial charge >= 0.3 is 0 Å². The van der Waals surface area contributed by atoms with Crippen molar-refractivity contribution in [2.24, 2.45) is 0 Å². The first-order chi connectivity index (χ1) is 10.6. The van der Waals surface area contributed by atoms with Crippen LogP contribution in [0.5, 0.6) is 0 Å². The van der Waals surface area contributed by atoms with E-state index in [9.17, 15) is 5.11 Å². The van der Waals surface area contributed by atoms with Crippen molar-refractivity contribution in [1.29, 1.82) is 0 Å². The van der Waals surface area contributed by atoms with E-state index in [1.165, 1.54) is 5.56 Å². The molecule has 0 aliphatic carbocycles. The predicted octanol–water partition coefficient (Wildman–Crippen LogP) is 2.31. The Morgan fingerprint density at radius 3 is 2.55 bits per heavy atom. The zero-order chi connectivity index (χ0) is 15.9. The minimum Gasteiger partial charge on any atom is -0.389 e. The third-order valence-electron chi connectivity index (χ3n) is 3.44. The molecule has 1 heterocycles. The Morgan fingerprint density at radius 2 is 1.95 bits per heavy atom. The van der Waals surface area contributed by atoms with Crippen LogP contribution < -0.4 is 5.32 Å². The molecule has 22 heavy (non-hydrogen) atoms. The minimum atomic E-state index is -0.492. The highest BCUT2D eigenvalue weighted by molar-refractivity contribution is 5.34. The van der Waals surface area contributed by atoms with E-state index in [-0.39, 0.29) is 12.1 Å². The van der Waals surface area contributed by atoms with E-state index >= 15 is 0 Å². The Kier molecular flexibility index (Phi) is 6.12. The Balaban J connectivity index is 1.83. The Labute approximate surface area is 131 Å². The maximum atomic E-state index is 9.86. The van der Waals surface area contributed by atoms with Crippen molar-refractivity contribution in [3.8, 4) is 5.69 Å². The van der Waals surface area contributed by atoms with Crippen LogP contribution in [0, 0.1) is 0 Å². The molecule has 0 aliphatic rings. The second-order valence-corrected chi connectivity index (χ2v) is 5.71. The number of nitrogens with zero attached hydrogens (tertiary/aromatic N) is 2. The number of rotatable bonds is 8. The van der Waals surface area contributed by atoms with Gasteiger partial charge in [0, 0.05) is 25.0 Å². The average molecular weight is 303 g/mol. The maximum absolute atomic E-state index is 9.86. The van der Waals surface area contributed by atoms with Crippen LogP contribution in [-0.4, -0.2) is 40.2 Å². The first-order valence-electron chi connectivity index (χ1n) is 7.69. The number of aliphatic hydroxyl groups excluding tert-OH is 1. The molecule has 2 aromatic rings. The Bertz CT molecular complexity index is 538. The summed E-state index contributed by atoms with van der Waals surface area (Å²) in [4.78, 5) is 0. The van der Waals surface area contributed by atoms with Crippen LogP contribution >= 0.6 is 0 Å². The van der Waals surface area contributed by atoms with Crippen LogP contribution in [0.25, 0.3) is 5.69 Å². The lowest BCUT2D eigenvalue weighted by Gasteiger charge is -2.18. The van der Waals surface area contributed by atoms with E-state index in [4.69, 9.17) is 4.74 Å². The lowest BCUT2D eigenvalue weighted by Crippen LogP contribution is -2.32. The molecule has 1 aromatic carbocycles. The number of hydrogen-bond donors (Lipinski definition) is 2. The van der Waals surface area contributed by atoms with Gasteiger partial charge in [-0.1, -0.05) is 12.1 Å². The molecule has 1 aromatic heterocycles. The summed E-state index contributed by atoms with van der Waals surface area (Å²) in [7, 11) is 0. The van der Waals surface area contributed by atoms with E-state index in [1.807, 2.05) is 42.9 Å². The van der Waals surface area contributed by atoms with Crippen molar-refractivity contribution in [2.75, 3.05) is 13.2 Å². The van der Waals surface area contributed by atoms with E-state index in [1.54, 1.807) is 6.20 Å². The summed E-state index contributed by atoms with van der Waals surface area (Å²) in [5, 5.41) is 17.4. The van der Waals surface area contributed by atoms with Crippen LogP contribution in [0.3, 0.4) is 0 Å². The average Bonchev–Trinajstić information content (AvgIpc) is 3.05. The fraction of sp³-hybridized carbons (Fsp3) is 0.471. The first kappa shape index (κ1) is 16.7. The molecule has 2 N–H and O–H groups in total. The quantitative estimate of drug-likeness (QED) is 0.785. The molecule has 0 spiro atoms. The van der Waals surface area contributed by atoms with Gasteiger partial charge in [0.05, 0.1) is 24.5 Å². The Hall–Kier alpha value is -1.69. The molecule has 2 atom stereocenters. The van der Waals surface area contributed by atoms with Crippen LogP contribution in [0.15, 0.2) is 42.7 Å². The van der Waals surface area contributed by atoms with Gasteiger partial charge in [-0.2, -0.15) is 5.10 Å². The van der Waals surface area contributed by atoms with Gasteiger partial charge in [0.15, 0.2) is 0 Å². The zero-order valence-electron chi connectivity index (χ0n) is 13.4. The molecule has 0 radical (unpaired) electrons. The minimum absolute atomic E-state index is 0.141. The third-order valence-corrected chi connectivity index (χ3v) is 3.44. The molecule has 0 saturated heterocycles. The fourth-order valence-corrected chi connectivity index (χ4v) is 2.13. The van der Waals surface area contributed by atoms with E-state index in [0.717, 1.165) is 5.69 Å². The van der Waals surface area contributed by atoms with Crippen molar-refractivity contribution in [3.63, 3.8) is 0 Å². The fourth-order valence-electron chi connectivity index (χ4n) is 2.13. The maximum Gasteiger partial charge on any atom is 0.0898 e. The summed E-state index contributed by atoms with van der Waals surface area (Å²) in [6.45, 7) is 6.87. The molecular formula is C17H25N3O2. The number of aromatic nitrogens is 2. The molecule has 0 saturated carbocycles. The summed E-state index contributed by atoms with van der Waals surface area (Å²) in [5.41, 5.74) is 2.21. The second kappa shape index (κ2) is 8.08. The third kappa shape index (κ3) is 4.94. The summed E-state index contributed by atoms with van der Waals surface area (Å²) in [5.74, 6) is 0. The van der Waals surface area contributed by atoms with Gasteiger partial charge in [0.2, 0.25) is 0 Å². The van der Waals surface area contributed by atoms with Gasteiger partial charge in [0.1, 0.15) is 0 Å². The molecule has 120 valence electrons. The normalized spacial score (nSPS) is 14.2. The zero-order valence-corrected chi connectivity index (χ0v) is 13.4. The van der Waals surface area contributed by atoms with E-state index in [0.29, 0.717) is 13.2 Å². The highest BCUT2D eigenvalue weighted by atomic mass is 16.5. The van der Waals surface area contributed by atoms with Crippen LogP contribution in [0.2, 0.25) is 0 Å². The summed E-state index contributed by atoms with van der Waals surface area (Å²) in [6.07, 6.45) is 3.33. The molecule has 5 nitrogen and oxygen atoms in total. The highest BCUT2D eigenvalue weighted by Gasteiger charge is 2.10. The second-order valence-electron chi connectivity index (χ2n) is 5.71. The monoisotopic (exact) mass is 303 g/mol. The SMILES string of the molecule is CC(C)OCC(O)CNC(C)c1ccc(-n2cccn2)cc1. The van der Waals surface area contributed by atoms with Crippen molar-refractivity contribution >= 4 is 0 Å².